The highest BCUT2D eigenvalue weighted by molar-refractivity contribution is 6.31. The average molecular weight is 228 g/mol. The molecule has 1 N–H and O–H groups in total. The topological polar surface area (TPSA) is 80.4 Å². The fourth-order valence-electron chi connectivity index (χ4n) is 1.06. The minimum Gasteiger partial charge on any atom is -0.515 e. The van der Waals surface area contributed by atoms with Gasteiger partial charge in [0.25, 0.3) is 5.69 Å². The second-order valence-electron chi connectivity index (χ2n) is 2.62. The van der Waals surface area contributed by atoms with Crippen molar-refractivity contribution in [3.05, 3.63) is 45.2 Å². The number of aliphatic hydroxyl groups excluding tert-OH is 1. The zero-order chi connectivity index (χ0) is 11.4. The molecule has 0 amide bonds. The van der Waals surface area contributed by atoms with Gasteiger partial charge in [-0.25, -0.2) is 0 Å². The van der Waals surface area contributed by atoms with Crippen molar-refractivity contribution in [2.24, 2.45) is 0 Å². The molecule has 5 nitrogen and oxygen atoms in total. The maximum atomic E-state index is 10.6. The van der Waals surface area contributed by atoms with Crippen LogP contribution in [-0.2, 0) is 4.79 Å². The first-order chi connectivity index (χ1) is 7.10. The molecule has 0 aromatic heterocycles. The number of carbonyl (C=O) groups is 1. The van der Waals surface area contributed by atoms with Gasteiger partial charge in [-0.15, -0.1) is 0 Å². The number of hydrogen-bond donors (Lipinski definition) is 1. The Morgan fingerprint density at radius 2 is 2.20 bits per heavy atom. The summed E-state index contributed by atoms with van der Waals surface area (Å²) in [6.45, 7) is 0. The fourth-order valence-corrected chi connectivity index (χ4v) is 1.23. The molecule has 0 atom stereocenters. The molecule has 15 heavy (non-hydrogen) atoms. The third-order valence-corrected chi connectivity index (χ3v) is 1.97. The number of halogens is 1. The Kier molecular flexibility index (Phi) is 3.41. The molecular formula is C9H6ClNO4. The summed E-state index contributed by atoms with van der Waals surface area (Å²) >= 11 is 5.58. The second kappa shape index (κ2) is 4.56. The monoisotopic (exact) mass is 227 g/mol. The van der Waals surface area contributed by atoms with Crippen LogP contribution < -0.4 is 0 Å². The highest BCUT2D eigenvalue weighted by atomic mass is 35.5. The van der Waals surface area contributed by atoms with Gasteiger partial charge >= 0.3 is 0 Å². The minimum atomic E-state index is -0.672. The molecule has 0 spiro atoms. The maximum absolute atomic E-state index is 10.6. The molecule has 0 heterocycles. The van der Waals surface area contributed by atoms with E-state index < -0.39 is 4.92 Å². The van der Waals surface area contributed by atoms with Gasteiger partial charge in [-0.3, -0.25) is 14.9 Å². The molecule has 0 unspecified atom stereocenters. The number of rotatable bonds is 3. The number of nitro groups is 1. The summed E-state index contributed by atoms with van der Waals surface area (Å²) in [5.74, 6) is 0. The molecule has 0 saturated heterocycles. The van der Waals surface area contributed by atoms with Crippen LogP contribution in [0, 0.1) is 10.1 Å². The number of benzene rings is 1. The van der Waals surface area contributed by atoms with Crippen LogP contribution >= 0.6 is 11.6 Å². The van der Waals surface area contributed by atoms with Crippen molar-refractivity contribution in [2.45, 2.75) is 0 Å². The molecule has 0 aliphatic heterocycles. The summed E-state index contributed by atoms with van der Waals surface area (Å²) < 4.78 is 0. The quantitative estimate of drug-likeness (QED) is 0.283. The van der Waals surface area contributed by atoms with Gasteiger partial charge in [0, 0.05) is 11.1 Å². The molecular weight excluding hydrogens is 222 g/mol. The molecule has 1 rings (SSSR count). The van der Waals surface area contributed by atoms with Crippen molar-refractivity contribution < 1.29 is 14.8 Å². The van der Waals surface area contributed by atoms with Crippen molar-refractivity contribution in [1.29, 1.82) is 0 Å². The normalized spacial score (nSPS) is 11.1. The number of aldehydes is 1. The predicted molar refractivity (Wildman–Crippen MR) is 54.8 cm³/mol. The Morgan fingerprint density at radius 1 is 1.53 bits per heavy atom. The van der Waals surface area contributed by atoms with Crippen LogP contribution in [0.1, 0.15) is 5.56 Å². The molecule has 78 valence electrons. The zero-order valence-corrected chi connectivity index (χ0v) is 8.14. The predicted octanol–water partition coefficient (Wildman–Crippen LogP) is 2.35. The largest absolute Gasteiger partial charge is 0.515 e. The molecule has 6 heteroatoms. The number of aliphatic hydroxyl groups is 1. The maximum Gasteiger partial charge on any atom is 0.278 e. The van der Waals surface area contributed by atoms with Crippen molar-refractivity contribution in [3.63, 3.8) is 0 Å². The number of nitrogens with zero attached hydrogens (tertiary/aromatic N) is 1. The van der Waals surface area contributed by atoms with Gasteiger partial charge in [-0.05, 0) is 12.1 Å². The van der Waals surface area contributed by atoms with E-state index in [1.807, 2.05) is 0 Å². The molecule has 0 aliphatic carbocycles. The molecule has 0 radical (unpaired) electrons. The van der Waals surface area contributed by atoms with Crippen molar-refractivity contribution in [3.8, 4) is 0 Å². The van der Waals surface area contributed by atoms with E-state index >= 15 is 0 Å². The smallest absolute Gasteiger partial charge is 0.278 e. The number of allylic oxidation sites excluding steroid dienone is 1. The summed E-state index contributed by atoms with van der Waals surface area (Å²) in [6.07, 6.45) is 0.847. The van der Waals surface area contributed by atoms with Crippen molar-refractivity contribution >= 4 is 29.1 Å². The van der Waals surface area contributed by atoms with Gasteiger partial charge in [-0.2, -0.15) is 0 Å². The highest BCUT2D eigenvalue weighted by Gasteiger charge is 2.17. The first kappa shape index (κ1) is 11.2. The minimum absolute atomic E-state index is 0.0295. The molecule has 1 aromatic rings. The molecule has 1 aromatic carbocycles. The summed E-state index contributed by atoms with van der Waals surface area (Å²) in [7, 11) is 0. The van der Waals surface area contributed by atoms with Crippen LogP contribution in [0.3, 0.4) is 0 Å². The molecule has 0 bridgehead atoms. The van der Waals surface area contributed by atoms with E-state index in [1.54, 1.807) is 0 Å². The number of nitro benzene ring substituents is 1. The summed E-state index contributed by atoms with van der Waals surface area (Å²) in [4.78, 5) is 20.5. The van der Waals surface area contributed by atoms with E-state index in [0.29, 0.717) is 12.5 Å². The number of hydrogen-bond acceptors (Lipinski definition) is 4. The van der Waals surface area contributed by atoms with Gasteiger partial charge in [0.15, 0.2) is 6.29 Å². The van der Waals surface area contributed by atoms with Crippen LogP contribution in [0.25, 0.3) is 5.57 Å². The first-order valence-electron chi connectivity index (χ1n) is 3.84. The molecule has 0 saturated carbocycles. The van der Waals surface area contributed by atoms with E-state index in [4.69, 9.17) is 16.7 Å². The van der Waals surface area contributed by atoms with E-state index in [2.05, 4.69) is 0 Å². The van der Waals surface area contributed by atoms with E-state index in [9.17, 15) is 14.9 Å². The summed E-state index contributed by atoms with van der Waals surface area (Å²) in [6, 6.07) is 3.82. The Labute approximate surface area is 89.7 Å². The lowest BCUT2D eigenvalue weighted by molar-refractivity contribution is -0.385. The lowest BCUT2D eigenvalue weighted by Crippen LogP contribution is -1.96. The number of carbonyl (C=O) groups excluding carboxylic acids is 1. The fraction of sp³-hybridized carbons (Fsp3) is 0. The Morgan fingerprint density at radius 3 is 2.67 bits per heavy atom. The van der Waals surface area contributed by atoms with Crippen molar-refractivity contribution in [1.82, 2.24) is 0 Å². The van der Waals surface area contributed by atoms with Gasteiger partial charge < -0.3 is 5.11 Å². The Balaban J connectivity index is 3.41. The van der Waals surface area contributed by atoms with Gasteiger partial charge in [0.2, 0.25) is 0 Å². The highest BCUT2D eigenvalue weighted by Crippen LogP contribution is 2.27. The Hall–Kier alpha value is -1.88. The second-order valence-corrected chi connectivity index (χ2v) is 3.06. The van der Waals surface area contributed by atoms with Crippen LogP contribution in [0.15, 0.2) is 24.5 Å². The first-order valence-corrected chi connectivity index (χ1v) is 4.21. The van der Waals surface area contributed by atoms with Crippen molar-refractivity contribution in [2.75, 3.05) is 0 Å². The molecule has 0 aliphatic rings. The van der Waals surface area contributed by atoms with Crippen LogP contribution in [-0.4, -0.2) is 16.3 Å². The lowest BCUT2D eigenvalue weighted by atomic mass is 10.1. The van der Waals surface area contributed by atoms with Gasteiger partial charge in [-0.1, -0.05) is 11.6 Å². The SMILES string of the molecule is O=C/C(=C\O)c1ccc(Cl)cc1[N+](=O)[O-]. The van der Waals surface area contributed by atoms with E-state index in [1.165, 1.54) is 12.1 Å². The van der Waals surface area contributed by atoms with Crippen LogP contribution in [0.5, 0.6) is 0 Å². The van der Waals surface area contributed by atoms with E-state index in [-0.39, 0.29) is 21.8 Å². The molecule has 0 fully saturated rings. The van der Waals surface area contributed by atoms with Crippen LogP contribution in [0.2, 0.25) is 5.02 Å². The standard InChI is InChI=1S/C9H6ClNO4/c10-7-1-2-8(6(4-12)5-13)9(3-7)11(14)15/h1-5,12H/b6-4+. The summed E-state index contributed by atoms with van der Waals surface area (Å²) in [5, 5.41) is 19.5. The third-order valence-electron chi connectivity index (χ3n) is 1.73. The van der Waals surface area contributed by atoms with Gasteiger partial charge in [0.05, 0.1) is 22.3 Å². The lowest BCUT2D eigenvalue weighted by Gasteiger charge is -2.01. The third kappa shape index (κ3) is 2.32. The average Bonchev–Trinajstić information content (AvgIpc) is 2.21. The van der Waals surface area contributed by atoms with Gasteiger partial charge in [0.1, 0.15) is 0 Å². The Bertz CT molecular complexity index is 442. The van der Waals surface area contributed by atoms with E-state index in [0.717, 1.165) is 6.07 Å². The summed E-state index contributed by atoms with van der Waals surface area (Å²) in [5.41, 5.74) is -0.463. The van der Waals surface area contributed by atoms with Crippen LogP contribution in [0.4, 0.5) is 5.69 Å². The zero-order valence-electron chi connectivity index (χ0n) is 7.38.